The summed E-state index contributed by atoms with van der Waals surface area (Å²) < 4.78 is 24.1. The van der Waals surface area contributed by atoms with Gasteiger partial charge in [-0.3, -0.25) is 14.4 Å². The molecule has 4 heterocycles. The number of esters is 1. The summed E-state index contributed by atoms with van der Waals surface area (Å²) in [6.07, 6.45) is 3.45. The van der Waals surface area contributed by atoms with Gasteiger partial charge in [0.15, 0.2) is 12.1 Å². The second-order valence-corrected chi connectivity index (χ2v) is 20.8. The molecule has 21 heteroatoms. The van der Waals surface area contributed by atoms with Crippen molar-refractivity contribution in [3.63, 3.8) is 0 Å². The van der Waals surface area contributed by atoms with Crippen LogP contribution in [0.1, 0.15) is 91.9 Å². The zero-order chi connectivity index (χ0) is 56.1. The summed E-state index contributed by atoms with van der Waals surface area (Å²) >= 11 is 0. The summed E-state index contributed by atoms with van der Waals surface area (Å²) in [5.74, 6) is -6.17. The maximum Gasteiger partial charge on any atom is 0.308 e. The molecule has 0 radical (unpaired) electrons. The molecule has 0 aliphatic carbocycles. The van der Waals surface area contributed by atoms with Gasteiger partial charge >= 0.3 is 5.97 Å². The lowest BCUT2D eigenvalue weighted by molar-refractivity contribution is -0.308. The molecule has 0 saturated carbocycles. The smallest absolute Gasteiger partial charge is 0.308 e. The maximum atomic E-state index is 14.3. The molecule has 3 saturated heterocycles. The van der Waals surface area contributed by atoms with Crippen molar-refractivity contribution in [1.82, 2.24) is 15.5 Å². The number of rotatable bonds is 6. The Hall–Kier alpha value is -4.01. The van der Waals surface area contributed by atoms with Gasteiger partial charge in [-0.2, -0.15) is 0 Å². The molecule has 430 valence electrons. The highest BCUT2D eigenvalue weighted by molar-refractivity contribution is 5.80. The molecule has 4 rings (SSSR count). The van der Waals surface area contributed by atoms with Gasteiger partial charge in [0.1, 0.15) is 18.3 Å². The molecule has 76 heavy (non-hydrogen) atoms. The number of likely N-dealkylation sites (tertiary alicyclic amines) is 1. The molecular weight excluding hydrogens is 991 g/mol. The van der Waals surface area contributed by atoms with Gasteiger partial charge in [-0.15, -0.1) is 0 Å². The lowest BCUT2D eigenvalue weighted by Crippen LogP contribution is -2.64. The number of nitrogens with one attached hydrogen (secondary N) is 2. The van der Waals surface area contributed by atoms with E-state index in [1.807, 2.05) is 31.2 Å². The summed E-state index contributed by atoms with van der Waals surface area (Å²) in [5.41, 5.74) is 0. The first-order valence-electron chi connectivity index (χ1n) is 26.6. The Labute approximate surface area is 446 Å². The van der Waals surface area contributed by atoms with Gasteiger partial charge < -0.3 is 90.7 Å². The number of aliphatic hydroxyl groups excluding tert-OH is 10. The fourth-order valence-electron chi connectivity index (χ4n) is 9.80. The van der Waals surface area contributed by atoms with E-state index in [4.69, 9.17) is 18.9 Å². The number of ether oxygens (including phenoxy) is 4. The van der Waals surface area contributed by atoms with E-state index in [1.54, 1.807) is 81.7 Å². The van der Waals surface area contributed by atoms with E-state index in [0.29, 0.717) is 0 Å². The molecule has 2 amide bonds. The highest BCUT2D eigenvalue weighted by atomic mass is 16.7. The van der Waals surface area contributed by atoms with Crippen LogP contribution in [0.2, 0.25) is 0 Å². The number of carbonyl (C=O) groups is 3. The molecule has 13 N–H and O–H groups in total. The van der Waals surface area contributed by atoms with E-state index in [1.165, 1.54) is 11.8 Å². The van der Waals surface area contributed by atoms with Crippen molar-refractivity contribution in [1.29, 1.82) is 0 Å². The van der Waals surface area contributed by atoms with Gasteiger partial charge in [0.05, 0.1) is 92.1 Å². The number of fused-ring (bicyclic) bond motifs is 2. The summed E-state index contributed by atoms with van der Waals surface area (Å²) in [6, 6.07) is -1.23. The van der Waals surface area contributed by atoms with Crippen molar-refractivity contribution >= 4 is 17.8 Å². The number of carbonyl (C=O) groups excluding carboxylic acids is 3. The molecule has 0 aromatic rings. The molecular formula is C55H87N3O18. The first kappa shape index (κ1) is 64.5. The number of amides is 2. The van der Waals surface area contributed by atoms with Crippen LogP contribution in [0, 0.1) is 17.8 Å². The monoisotopic (exact) mass is 1080 g/mol. The van der Waals surface area contributed by atoms with E-state index < -0.39 is 159 Å². The van der Waals surface area contributed by atoms with Crippen LogP contribution in [0.4, 0.5) is 0 Å². The van der Waals surface area contributed by atoms with Gasteiger partial charge in [-0.05, 0) is 53.0 Å². The number of hydrogen-bond donors (Lipinski definition) is 13. The summed E-state index contributed by atoms with van der Waals surface area (Å²) in [5, 5.41) is 127. The fraction of sp³-hybridized carbons (Fsp3) is 0.691. The third kappa shape index (κ3) is 21.0. The topological polar surface area (TPSA) is 338 Å². The predicted octanol–water partition coefficient (Wildman–Crippen LogP) is -0.0127. The summed E-state index contributed by atoms with van der Waals surface area (Å²) in [6.45, 7) is 6.99. The van der Waals surface area contributed by atoms with Crippen LogP contribution < -0.4 is 10.6 Å². The molecule has 19 atom stereocenters. The lowest BCUT2D eigenvalue weighted by atomic mass is 9.81. The standard InChI is InChI=1S/C55H87N3O18/c1-33-18-16-14-12-10-8-6-7-9-11-13-15-17-19-41(75-54-52(70)49(51(69)36(4)74-54)57-46(66)32-56-5)29-45-48(53(71)58-24-22-37(59)23-25-58)44(65)31-55(72,76-45)30-40(62)27-43(64)42(63)21-20-38(60)26-39(61)28-47(67)73-35(3)34(2)50(33)68/h6-19,33-45,48-52,54,56,59-65,68-70,72H,20-32H2,1-5H3,(H,57,66)/b7-6-,10-8-,11-9-,14-12-,15-13-,18-16-,19-17+/t33-,34-,35-,36+,38+,39+,40-,41-,42+,43+,44-,45-,48+,49-,50+,51+,52-,54-,55+/m0/s1. The third-order valence-electron chi connectivity index (χ3n) is 14.4. The number of cyclic esters (lactones) is 1. The molecule has 4 aliphatic heterocycles. The average Bonchev–Trinajstić information content (AvgIpc) is 3.35. The number of likely N-dealkylation sites (N-methyl/N-ethyl adjacent to an activating group) is 1. The maximum absolute atomic E-state index is 14.3. The highest BCUT2D eigenvalue weighted by Crippen LogP contribution is 2.39. The SMILES string of the molecule is CNCC(=O)N[C@@H]1[C@H](O)[C@H](O[C@H]2/C=C/C=C\C=C/C=C\C=C/C=C\C=C/[C@H](C)[C@@H](O)[C@@H](C)[C@H](C)OC(=O)C[C@H](O)C[C@H](O)CC[C@@H](O)[C@H](O)C[C@H](O)C[C@]3(O)C[C@H](O)[C@@H](C(=O)N4CCC(O)CC4)[C@H](C2)O3)O[C@H](C)[C@H]1O. The van der Waals surface area contributed by atoms with Gasteiger partial charge in [-0.1, -0.05) is 98.9 Å². The number of nitrogens with zero attached hydrogens (tertiary/aromatic N) is 1. The molecule has 0 aromatic heterocycles. The Morgan fingerprint density at radius 3 is 1.86 bits per heavy atom. The van der Waals surface area contributed by atoms with E-state index in [2.05, 4.69) is 10.6 Å². The third-order valence-corrected chi connectivity index (χ3v) is 14.4. The normalized spacial score (nSPS) is 42.1. The highest BCUT2D eigenvalue weighted by Gasteiger charge is 2.52. The first-order valence-corrected chi connectivity index (χ1v) is 26.6. The van der Waals surface area contributed by atoms with Crippen LogP contribution in [0.25, 0.3) is 0 Å². The van der Waals surface area contributed by atoms with Gasteiger partial charge in [-0.25, -0.2) is 0 Å². The van der Waals surface area contributed by atoms with Crippen molar-refractivity contribution in [2.45, 2.75) is 195 Å². The first-order chi connectivity index (χ1) is 36.0. The largest absolute Gasteiger partial charge is 0.462 e. The van der Waals surface area contributed by atoms with Gasteiger partial charge in [0.25, 0.3) is 0 Å². The molecule has 0 unspecified atom stereocenters. The molecule has 0 spiro atoms. The van der Waals surface area contributed by atoms with E-state index in [0.717, 1.165) is 0 Å². The Kier molecular flexibility index (Phi) is 27.3. The Morgan fingerprint density at radius 1 is 0.658 bits per heavy atom. The van der Waals surface area contributed by atoms with Crippen LogP contribution in [-0.4, -0.2) is 209 Å². The van der Waals surface area contributed by atoms with E-state index in [-0.39, 0.29) is 64.1 Å². The van der Waals surface area contributed by atoms with Gasteiger partial charge in [0.2, 0.25) is 11.8 Å². The van der Waals surface area contributed by atoms with Crippen molar-refractivity contribution < 1.29 is 89.5 Å². The minimum Gasteiger partial charge on any atom is -0.462 e. The second kappa shape index (κ2) is 32.2. The molecule has 2 bridgehead atoms. The van der Waals surface area contributed by atoms with Crippen LogP contribution in [-0.2, 0) is 33.3 Å². The predicted molar refractivity (Wildman–Crippen MR) is 279 cm³/mol. The molecule has 4 aliphatic rings. The summed E-state index contributed by atoms with van der Waals surface area (Å²) in [4.78, 5) is 41.2. The van der Waals surface area contributed by atoms with Crippen molar-refractivity contribution in [2.75, 3.05) is 26.7 Å². The molecule has 0 aromatic carbocycles. The Morgan fingerprint density at radius 2 is 1.25 bits per heavy atom. The van der Waals surface area contributed by atoms with Crippen LogP contribution in [0.3, 0.4) is 0 Å². The molecule has 21 nitrogen and oxygen atoms in total. The molecule has 3 fully saturated rings. The van der Waals surface area contributed by atoms with Crippen LogP contribution in [0.5, 0.6) is 0 Å². The van der Waals surface area contributed by atoms with Crippen molar-refractivity contribution in [3.8, 4) is 0 Å². The fourth-order valence-corrected chi connectivity index (χ4v) is 9.80. The van der Waals surface area contributed by atoms with Crippen LogP contribution >= 0.6 is 0 Å². The zero-order valence-corrected chi connectivity index (χ0v) is 44.5. The number of aliphatic hydroxyl groups is 11. The summed E-state index contributed by atoms with van der Waals surface area (Å²) in [7, 11) is 1.56. The minimum absolute atomic E-state index is 0.113. The Bertz CT molecular complexity index is 1990. The number of hydrogen-bond acceptors (Lipinski definition) is 19. The lowest BCUT2D eigenvalue weighted by Gasteiger charge is -2.47. The van der Waals surface area contributed by atoms with E-state index in [9.17, 15) is 70.6 Å². The Balaban J connectivity index is 1.65. The van der Waals surface area contributed by atoms with Crippen molar-refractivity contribution in [2.24, 2.45) is 17.8 Å². The quantitative estimate of drug-likeness (QED) is 0.156. The number of allylic oxidation sites excluding steroid dienone is 12. The number of piperidine rings is 1. The van der Waals surface area contributed by atoms with E-state index >= 15 is 0 Å². The van der Waals surface area contributed by atoms with Gasteiger partial charge in [0, 0.05) is 50.6 Å². The second-order valence-electron chi connectivity index (χ2n) is 20.8. The minimum atomic E-state index is -2.32. The van der Waals surface area contributed by atoms with Crippen LogP contribution in [0.15, 0.2) is 85.1 Å². The van der Waals surface area contributed by atoms with Crippen molar-refractivity contribution in [3.05, 3.63) is 85.1 Å². The zero-order valence-electron chi connectivity index (χ0n) is 44.5. The average molecular weight is 1080 g/mol.